The molecule has 1 heterocycles. The number of piperazine rings is 1. The molecule has 20 heavy (non-hydrogen) atoms. The van der Waals surface area contributed by atoms with Gasteiger partial charge in [-0.2, -0.15) is 0 Å². The number of Topliss-reactive ketones (excluding diaryl/α,β-unsaturated/α-hetero) is 1. The molecule has 2 rings (SSSR count). The van der Waals surface area contributed by atoms with Crippen LogP contribution in [0.4, 0.5) is 0 Å². The minimum Gasteiger partial charge on any atom is -0.468 e. The van der Waals surface area contributed by atoms with Gasteiger partial charge in [0.2, 0.25) is 0 Å². The number of hydrogen-bond donors (Lipinski definition) is 0. The van der Waals surface area contributed by atoms with Crippen LogP contribution in [0, 0.1) is 0 Å². The molecule has 0 saturated carbocycles. The Balaban J connectivity index is 1.85. The lowest BCUT2D eigenvalue weighted by molar-refractivity contribution is 0.0511. The Hall–Kier alpha value is -1.43. The third kappa shape index (κ3) is 4.30. The van der Waals surface area contributed by atoms with Crippen LogP contribution in [-0.4, -0.2) is 69.3 Å². The zero-order valence-corrected chi connectivity index (χ0v) is 12.2. The van der Waals surface area contributed by atoms with Crippen LogP contribution in [0.25, 0.3) is 0 Å². The molecule has 1 aromatic carbocycles. The first kappa shape index (κ1) is 15.0. The Morgan fingerprint density at radius 2 is 1.80 bits per heavy atom. The summed E-state index contributed by atoms with van der Waals surface area (Å²) in [5.74, 6) is 0.871. The number of rotatable bonds is 6. The highest BCUT2D eigenvalue weighted by Gasteiger charge is 2.17. The zero-order valence-electron chi connectivity index (χ0n) is 12.2. The van der Waals surface area contributed by atoms with E-state index in [4.69, 9.17) is 9.47 Å². The van der Waals surface area contributed by atoms with Gasteiger partial charge in [0.15, 0.2) is 12.6 Å². The summed E-state index contributed by atoms with van der Waals surface area (Å²) in [4.78, 5) is 16.7. The fourth-order valence-corrected chi connectivity index (χ4v) is 2.16. The number of methoxy groups -OCH3 is 1. The number of likely N-dealkylation sites (N-methyl/N-ethyl adjacent to an activating group) is 1. The van der Waals surface area contributed by atoms with Crippen molar-refractivity contribution in [3.63, 3.8) is 0 Å². The maximum absolute atomic E-state index is 12.2. The van der Waals surface area contributed by atoms with E-state index in [2.05, 4.69) is 16.8 Å². The lowest BCUT2D eigenvalue weighted by Gasteiger charge is -2.31. The van der Waals surface area contributed by atoms with E-state index < -0.39 is 0 Å². The monoisotopic (exact) mass is 278 g/mol. The molecule has 0 aliphatic carbocycles. The summed E-state index contributed by atoms with van der Waals surface area (Å²) >= 11 is 0. The van der Waals surface area contributed by atoms with Crippen LogP contribution >= 0.6 is 0 Å². The SMILES string of the molecule is COCOc1ccc(C(=O)CN2CCN(C)CC2)cc1. The van der Waals surface area contributed by atoms with Crippen molar-refractivity contribution >= 4 is 5.78 Å². The molecule has 1 fully saturated rings. The standard InChI is InChI=1S/C15H22N2O3/c1-16-7-9-17(10-8-16)11-15(18)13-3-5-14(6-4-13)20-12-19-2/h3-6H,7-12H2,1-2H3. The van der Waals surface area contributed by atoms with E-state index in [1.807, 2.05) is 12.1 Å². The molecule has 5 nitrogen and oxygen atoms in total. The van der Waals surface area contributed by atoms with Gasteiger partial charge in [-0.15, -0.1) is 0 Å². The second-order valence-corrected chi connectivity index (χ2v) is 5.08. The van der Waals surface area contributed by atoms with E-state index in [1.54, 1.807) is 19.2 Å². The van der Waals surface area contributed by atoms with Gasteiger partial charge in [0, 0.05) is 38.9 Å². The second-order valence-electron chi connectivity index (χ2n) is 5.08. The van der Waals surface area contributed by atoms with Crippen molar-refractivity contribution in [2.75, 3.05) is 53.7 Å². The van der Waals surface area contributed by atoms with E-state index in [1.165, 1.54) is 0 Å². The van der Waals surface area contributed by atoms with Crippen LogP contribution in [0.1, 0.15) is 10.4 Å². The minimum atomic E-state index is 0.160. The van der Waals surface area contributed by atoms with Gasteiger partial charge in [-0.05, 0) is 31.3 Å². The molecule has 1 saturated heterocycles. The van der Waals surface area contributed by atoms with Gasteiger partial charge >= 0.3 is 0 Å². The van der Waals surface area contributed by atoms with Gasteiger partial charge in [0.05, 0.1) is 6.54 Å². The first-order valence-corrected chi connectivity index (χ1v) is 6.85. The van der Waals surface area contributed by atoms with E-state index in [0.29, 0.717) is 12.3 Å². The van der Waals surface area contributed by atoms with Crippen LogP contribution in [0.5, 0.6) is 5.75 Å². The van der Waals surface area contributed by atoms with Crippen molar-refractivity contribution in [2.45, 2.75) is 0 Å². The topological polar surface area (TPSA) is 42.0 Å². The minimum absolute atomic E-state index is 0.160. The number of hydrogen-bond acceptors (Lipinski definition) is 5. The molecular weight excluding hydrogens is 256 g/mol. The van der Waals surface area contributed by atoms with Crippen LogP contribution in [0.2, 0.25) is 0 Å². The maximum Gasteiger partial charge on any atom is 0.188 e. The fourth-order valence-electron chi connectivity index (χ4n) is 2.16. The first-order chi connectivity index (χ1) is 9.69. The van der Waals surface area contributed by atoms with Gasteiger partial charge in [0.1, 0.15) is 5.75 Å². The van der Waals surface area contributed by atoms with Crippen molar-refractivity contribution in [2.24, 2.45) is 0 Å². The highest BCUT2D eigenvalue weighted by atomic mass is 16.7. The Morgan fingerprint density at radius 3 is 2.40 bits per heavy atom. The third-order valence-corrected chi connectivity index (χ3v) is 3.48. The first-order valence-electron chi connectivity index (χ1n) is 6.85. The van der Waals surface area contributed by atoms with Gasteiger partial charge in [-0.1, -0.05) is 0 Å². The predicted octanol–water partition coefficient (Wildman–Crippen LogP) is 1.10. The van der Waals surface area contributed by atoms with Crippen LogP contribution < -0.4 is 4.74 Å². The summed E-state index contributed by atoms with van der Waals surface area (Å²) in [5, 5.41) is 0. The van der Waals surface area contributed by atoms with Crippen molar-refractivity contribution < 1.29 is 14.3 Å². The maximum atomic E-state index is 12.2. The lowest BCUT2D eigenvalue weighted by atomic mass is 10.1. The molecule has 0 spiro atoms. The van der Waals surface area contributed by atoms with E-state index in [-0.39, 0.29) is 12.6 Å². The Labute approximate surface area is 120 Å². The smallest absolute Gasteiger partial charge is 0.188 e. The molecule has 0 N–H and O–H groups in total. The quantitative estimate of drug-likeness (QED) is 0.576. The molecule has 0 amide bonds. The Kier molecular flexibility index (Phi) is 5.52. The lowest BCUT2D eigenvalue weighted by Crippen LogP contribution is -2.46. The van der Waals surface area contributed by atoms with Crippen molar-refractivity contribution in [1.29, 1.82) is 0 Å². The van der Waals surface area contributed by atoms with Gasteiger partial charge in [0.25, 0.3) is 0 Å². The molecule has 1 aliphatic rings. The average molecular weight is 278 g/mol. The zero-order chi connectivity index (χ0) is 14.4. The molecule has 0 unspecified atom stereocenters. The molecule has 110 valence electrons. The van der Waals surface area contributed by atoms with Crippen molar-refractivity contribution in [3.8, 4) is 5.75 Å². The van der Waals surface area contributed by atoms with Crippen molar-refractivity contribution in [1.82, 2.24) is 9.80 Å². The van der Waals surface area contributed by atoms with Gasteiger partial charge in [-0.3, -0.25) is 9.69 Å². The third-order valence-electron chi connectivity index (χ3n) is 3.48. The van der Waals surface area contributed by atoms with E-state index >= 15 is 0 Å². The number of carbonyl (C=O) groups is 1. The summed E-state index contributed by atoms with van der Waals surface area (Å²) in [6.07, 6.45) is 0. The number of ketones is 1. The van der Waals surface area contributed by atoms with Gasteiger partial charge in [-0.25, -0.2) is 0 Å². The molecule has 1 aromatic rings. The highest BCUT2D eigenvalue weighted by molar-refractivity contribution is 5.97. The molecular formula is C15H22N2O3. The summed E-state index contributed by atoms with van der Waals surface area (Å²) in [7, 11) is 3.69. The molecule has 0 bridgehead atoms. The molecule has 1 aliphatic heterocycles. The predicted molar refractivity (Wildman–Crippen MR) is 77.2 cm³/mol. The normalized spacial score (nSPS) is 17.1. The molecule has 0 aromatic heterocycles. The van der Waals surface area contributed by atoms with E-state index in [0.717, 1.165) is 31.7 Å². The Bertz CT molecular complexity index is 425. The summed E-state index contributed by atoms with van der Waals surface area (Å²) < 4.78 is 10.1. The van der Waals surface area contributed by atoms with E-state index in [9.17, 15) is 4.79 Å². The average Bonchev–Trinajstić information content (AvgIpc) is 2.48. The highest BCUT2D eigenvalue weighted by Crippen LogP contribution is 2.13. The largest absolute Gasteiger partial charge is 0.468 e. The van der Waals surface area contributed by atoms with Crippen LogP contribution in [0.3, 0.4) is 0 Å². The number of ether oxygens (including phenoxy) is 2. The molecule has 5 heteroatoms. The number of carbonyl (C=O) groups excluding carboxylic acids is 1. The number of benzene rings is 1. The summed E-state index contributed by atoms with van der Waals surface area (Å²) in [6.45, 7) is 4.67. The van der Waals surface area contributed by atoms with Crippen molar-refractivity contribution in [3.05, 3.63) is 29.8 Å². The van der Waals surface area contributed by atoms with Gasteiger partial charge < -0.3 is 14.4 Å². The number of nitrogens with zero attached hydrogens (tertiary/aromatic N) is 2. The molecule has 0 atom stereocenters. The molecule has 0 radical (unpaired) electrons. The van der Waals surface area contributed by atoms with Crippen LogP contribution in [-0.2, 0) is 4.74 Å². The summed E-state index contributed by atoms with van der Waals surface area (Å²) in [5.41, 5.74) is 0.730. The summed E-state index contributed by atoms with van der Waals surface area (Å²) in [6, 6.07) is 7.22. The second kappa shape index (κ2) is 7.38. The fraction of sp³-hybridized carbons (Fsp3) is 0.533. The van der Waals surface area contributed by atoms with Crippen LogP contribution in [0.15, 0.2) is 24.3 Å². The Morgan fingerprint density at radius 1 is 1.15 bits per heavy atom.